The number of hydrogen-bond acceptors (Lipinski definition) is 5. The average molecular weight is 544 g/mol. The second-order valence-corrected chi connectivity index (χ2v) is 9.39. The number of fused-ring (bicyclic) bond motifs is 5. The van der Waals surface area contributed by atoms with E-state index < -0.39 is 12.1 Å². The molecule has 0 saturated heterocycles. The van der Waals surface area contributed by atoms with Crippen molar-refractivity contribution in [3.63, 3.8) is 0 Å². The first-order chi connectivity index (χ1) is 18.9. The average Bonchev–Trinajstić information content (AvgIpc) is 3.32. The smallest absolute Gasteiger partial charge is 0.411 e. The molecule has 0 saturated carbocycles. The van der Waals surface area contributed by atoms with Crippen LogP contribution in [0.3, 0.4) is 0 Å². The van der Waals surface area contributed by atoms with Gasteiger partial charge in [0.15, 0.2) is 0 Å². The van der Waals surface area contributed by atoms with Gasteiger partial charge >= 0.3 is 6.09 Å². The monoisotopic (exact) mass is 543 g/mol. The standard InChI is InChI=1S/C29H26ClN5O4/c1-39-29(38)31-18-14-15-21-23(16-18)32-24(36)13-4-2-3-12-22(27-34-25(21)26(30)35-27)33-28(37)20-11-7-9-17-8-5-6-10-19(17)20/h2-3,5-11,14-16,22H,4,12-13H2,1H3,(H,31,38)(H,32,36)(H,33,37)(H,34,35)/b3-2+/t22-/m0/s1. The van der Waals surface area contributed by atoms with Crippen LogP contribution >= 0.6 is 11.6 Å². The minimum atomic E-state index is -0.638. The minimum absolute atomic E-state index is 0.206. The molecule has 2 heterocycles. The van der Waals surface area contributed by atoms with Gasteiger partial charge in [-0.3, -0.25) is 14.9 Å². The Morgan fingerprint density at radius 1 is 1.08 bits per heavy atom. The van der Waals surface area contributed by atoms with E-state index in [4.69, 9.17) is 16.6 Å². The summed E-state index contributed by atoms with van der Waals surface area (Å²) in [5.74, 6) is 0.0314. The van der Waals surface area contributed by atoms with Crippen molar-refractivity contribution in [3.05, 3.63) is 89.4 Å². The molecule has 5 rings (SSSR count). The number of anilines is 2. The van der Waals surface area contributed by atoms with Crippen molar-refractivity contribution < 1.29 is 19.1 Å². The van der Waals surface area contributed by atoms with Gasteiger partial charge in [0.25, 0.3) is 5.91 Å². The summed E-state index contributed by atoms with van der Waals surface area (Å²) in [6.45, 7) is 0. The molecule has 0 radical (unpaired) electrons. The molecule has 3 aromatic carbocycles. The Morgan fingerprint density at radius 2 is 1.90 bits per heavy atom. The molecular weight excluding hydrogens is 518 g/mol. The molecule has 0 aliphatic carbocycles. The lowest BCUT2D eigenvalue weighted by Gasteiger charge is -2.16. The summed E-state index contributed by atoms with van der Waals surface area (Å²) < 4.78 is 4.67. The number of carbonyl (C=O) groups is 3. The van der Waals surface area contributed by atoms with Crippen LogP contribution in [-0.4, -0.2) is 35.0 Å². The molecule has 3 amide bonds. The fourth-order valence-corrected chi connectivity index (χ4v) is 4.73. The van der Waals surface area contributed by atoms with E-state index in [0.717, 1.165) is 10.8 Å². The largest absolute Gasteiger partial charge is 0.453 e. The van der Waals surface area contributed by atoms with Crippen LogP contribution in [0.1, 0.15) is 41.5 Å². The highest BCUT2D eigenvalue weighted by Gasteiger charge is 2.23. The molecule has 1 aliphatic rings. The highest BCUT2D eigenvalue weighted by molar-refractivity contribution is 6.32. The van der Waals surface area contributed by atoms with Crippen molar-refractivity contribution in [2.24, 2.45) is 0 Å². The number of rotatable bonds is 3. The summed E-state index contributed by atoms with van der Waals surface area (Å²) in [6.07, 6.45) is 4.37. The third kappa shape index (κ3) is 5.78. The molecule has 10 heteroatoms. The van der Waals surface area contributed by atoms with E-state index in [9.17, 15) is 14.4 Å². The van der Waals surface area contributed by atoms with Crippen LogP contribution < -0.4 is 16.0 Å². The fourth-order valence-electron chi connectivity index (χ4n) is 4.49. The molecule has 4 N–H and O–H groups in total. The van der Waals surface area contributed by atoms with Crippen molar-refractivity contribution in [3.8, 4) is 11.3 Å². The number of nitrogens with one attached hydrogen (secondary N) is 4. The Balaban J connectivity index is 1.52. The number of carbonyl (C=O) groups excluding carboxylic acids is 3. The molecule has 4 aromatic rings. The Labute approximate surface area is 229 Å². The van der Waals surface area contributed by atoms with Crippen molar-refractivity contribution in [1.82, 2.24) is 15.3 Å². The second kappa shape index (κ2) is 11.4. The number of H-pyrrole nitrogens is 1. The van der Waals surface area contributed by atoms with Crippen LogP contribution in [0.15, 0.2) is 72.8 Å². The molecule has 39 heavy (non-hydrogen) atoms. The molecule has 0 unspecified atom stereocenters. The zero-order valence-electron chi connectivity index (χ0n) is 21.1. The van der Waals surface area contributed by atoms with Gasteiger partial charge in [0.1, 0.15) is 16.7 Å². The molecule has 198 valence electrons. The first-order valence-corrected chi connectivity index (χ1v) is 12.8. The van der Waals surface area contributed by atoms with Crippen LogP contribution in [0, 0.1) is 0 Å². The molecule has 0 spiro atoms. The van der Waals surface area contributed by atoms with Crippen LogP contribution in [0.25, 0.3) is 22.0 Å². The van der Waals surface area contributed by atoms with Crippen molar-refractivity contribution in [2.45, 2.75) is 25.3 Å². The van der Waals surface area contributed by atoms with E-state index in [0.29, 0.717) is 46.9 Å². The summed E-state index contributed by atoms with van der Waals surface area (Å²) in [6, 6.07) is 17.8. The van der Waals surface area contributed by atoms with Gasteiger partial charge in [-0.25, -0.2) is 9.78 Å². The van der Waals surface area contributed by atoms with Crippen LogP contribution in [0.2, 0.25) is 5.15 Å². The summed E-state index contributed by atoms with van der Waals surface area (Å²) in [7, 11) is 1.27. The number of halogens is 1. The highest BCUT2D eigenvalue weighted by atomic mass is 35.5. The number of benzene rings is 3. The van der Waals surface area contributed by atoms with Gasteiger partial charge in [-0.15, -0.1) is 0 Å². The number of allylic oxidation sites excluding steroid dienone is 1. The Bertz CT molecular complexity index is 1590. The first kappa shape index (κ1) is 26.0. The van der Waals surface area contributed by atoms with Gasteiger partial charge in [-0.05, 0) is 47.9 Å². The summed E-state index contributed by atoms with van der Waals surface area (Å²) in [5, 5.41) is 10.7. The Morgan fingerprint density at radius 3 is 2.74 bits per heavy atom. The molecule has 1 aliphatic heterocycles. The first-order valence-electron chi connectivity index (χ1n) is 12.4. The maximum absolute atomic E-state index is 13.4. The minimum Gasteiger partial charge on any atom is -0.453 e. The predicted octanol–water partition coefficient (Wildman–Crippen LogP) is 6.21. The van der Waals surface area contributed by atoms with E-state index in [1.165, 1.54) is 7.11 Å². The molecule has 0 fully saturated rings. The topological polar surface area (TPSA) is 125 Å². The van der Waals surface area contributed by atoms with Crippen LogP contribution in [0.4, 0.5) is 16.2 Å². The number of ether oxygens (including phenoxy) is 1. The van der Waals surface area contributed by atoms with Gasteiger partial charge in [-0.1, -0.05) is 60.2 Å². The molecule has 1 atom stereocenters. The van der Waals surface area contributed by atoms with Gasteiger partial charge in [-0.2, -0.15) is 0 Å². The number of methoxy groups -OCH3 is 1. The number of imidazole rings is 1. The molecular formula is C29H26ClN5O4. The van der Waals surface area contributed by atoms with Gasteiger partial charge in [0, 0.05) is 23.2 Å². The predicted molar refractivity (Wildman–Crippen MR) is 151 cm³/mol. The summed E-state index contributed by atoms with van der Waals surface area (Å²) in [5.41, 5.74) is 2.37. The lowest BCUT2D eigenvalue weighted by atomic mass is 10.0. The van der Waals surface area contributed by atoms with Gasteiger partial charge in [0.05, 0.1) is 18.8 Å². The van der Waals surface area contributed by atoms with Crippen molar-refractivity contribution in [2.75, 3.05) is 17.7 Å². The Kier molecular flexibility index (Phi) is 7.60. The summed E-state index contributed by atoms with van der Waals surface area (Å²) in [4.78, 5) is 45.7. The lowest BCUT2D eigenvalue weighted by Crippen LogP contribution is -2.29. The third-order valence-electron chi connectivity index (χ3n) is 6.40. The van der Waals surface area contributed by atoms with Crippen molar-refractivity contribution >= 4 is 51.7 Å². The zero-order chi connectivity index (χ0) is 27.4. The molecule has 9 nitrogen and oxygen atoms in total. The lowest BCUT2D eigenvalue weighted by molar-refractivity contribution is -0.116. The quantitative estimate of drug-likeness (QED) is 0.229. The highest BCUT2D eigenvalue weighted by Crippen LogP contribution is 2.36. The molecule has 2 bridgehead atoms. The van der Waals surface area contributed by atoms with Gasteiger partial charge in [0.2, 0.25) is 5.91 Å². The number of aromatic nitrogens is 2. The van der Waals surface area contributed by atoms with E-state index in [-0.39, 0.29) is 23.4 Å². The van der Waals surface area contributed by atoms with Crippen molar-refractivity contribution in [1.29, 1.82) is 0 Å². The van der Waals surface area contributed by atoms with E-state index in [2.05, 4.69) is 25.7 Å². The zero-order valence-corrected chi connectivity index (χ0v) is 21.8. The normalized spacial score (nSPS) is 16.1. The third-order valence-corrected chi connectivity index (χ3v) is 6.68. The van der Waals surface area contributed by atoms with E-state index in [1.54, 1.807) is 24.3 Å². The van der Waals surface area contributed by atoms with Crippen LogP contribution in [-0.2, 0) is 9.53 Å². The maximum Gasteiger partial charge on any atom is 0.411 e. The number of nitrogens with zero attached hydrogens (tertiary/aromatic N) is 1. The Hall–Kier alpha value is -4.63. The SMILES string of the molecule is COC(=O)Nc1ccc2c(c1)NC(=O)CC/C=C/C[C@H](NC(=O)c1cccc3ccccc13)c1nc-2c(Cl)[nH]1. The number of aromatic amines is 1. The molecule has 1 aromatic heterocycles. The van der Waals surface area contributed by atoms with Crippen LogP contribution in [0.5, 0.6) is 0 Å². The fraction of sp³-hybridized carbons (Fsp3) is 0.172. The maximum atomic E-state index is 13.4. The van der Waals surface area contributed by atoms with Gasteiger partial charge < -0.3 is 20.4 Å². The van der Waals surface area contributed by atoms with E-state index in [1.807, 2.05) is 48.6 Å². The second-order valence-electron chi connectivity index (χ2n) is 9.01. The summed E-state index contributed by atoms with van der Waals surface area (Å²) >= 11 is 6.61. The van der Waals surface area contributed by atoms with E-state index >= 15 is 0 Å². The number of hydrogen-bond donors (Lipinski definition) is 4. The number of amides is 3.